The molecular weight excluding hydrogens is 300 g/mol. The molecule has 0 aliphatic heterocycles. The third-order valence-corrected chi connectivity index (χ3v) is 3.13. The fraction of sp³-hybridized carbons (Fsp3) is 0.214. The van der Waals surface area contributed by atoms with E-state index in [1.807, 2.05) is 0 Å². The smallest absolute Gasteiger partial charge is 0.324 e. The molecule has 1 aromatic heterocycles. The van der Waals surface area contributed by atoms with Crippen molar-refractivity contribution in [1.82, 2.24) is 15.2 Å². The zero-order chi connectivity index (χ0) is 17.0. The number of aromatic nitrogens is 1. The van der Waals surface area contributed by atoms with Crippen LogP contribution in [0.1, 0.15) is 10.5 Å². The first-order chi connectivity index (χ1) is 10.9. The van der Waals surface area contributed by atoms with Gasteiger partial charge in [-0.2, -0.15) is 0 Å². The van der Waals surface area contributed by atoms with Crippen molar-refractivity contribution in [3.05, 3.63) is 36.0 Å². The van der Waals surface area contributed by atoms with Gasteiger partial charge in [-0.1, -0.05) is 6.07 Å². The van der Waals surface area contributed by atoms with E-state index in [0.29, 0.717) is 10.9 Å². The van der Waals surface area contributed by atoms with E-state index in [0.717, 1.165) is 4.57 Å². The zero-order valence-electron chi connectivity index (χ0n) is 12.2. The third-order valence-electron chi connectivity index (χ3n) is 3.13. The molecule has 23 heavy (non-hydrogen) atoms. The summed E-state index contributed by atoms with van der Waals surface area (Å²) < 4.78 is 1.10. The van der Waals surface area contributed by atoms with E-state index in [-0.39, 0.29) is 24.7 Å². The molecule has 2 aromatic rings. The summed E-state index contributed by atoms with van der Waals surface area (Å²) in [7, 11) is 0. The zero-order valence-corrected chi connectivity index (χ0v) is 12.2. The number of primary amides is 1. The van der Waals surface area contributed by atoms with Gasteiger partial charge in [-0.15, -0.1) is 0 Å². The minimum Gasteiger partial charge on any atom is -0.389 e. The van der Waals surface area contributed by atoms with Crippen molar-refractivity contribution >= 4 is 28.8 Å². The lowest BCUT2D eigenvalue weighted by molar-refractivity contribution is 0.0910. The highest BCUT2D eigenvalue weighted by Gasteiger charge is 2.19. The van der Waals surface area contributed by atoms with Crippen molar-refractivity contribution in [2.75, 3.05) is 13.1 Å². The Morgan fingerprint density at radius 3 is 2.70 bits per heavy atom. The molecule has 0 spiro atoms. The second-order valence-corrected chi connectivity index (χ2v) is 4.85. The monoisotopic (exact) mass is 317 g/mol. The van der Waals surface area contributed by atoms with Crippen LogP contribution in [0.15, 0.2) is 24.3 Å². The molecule has 1 unspecified atom stereocenters. The summed E-state index contributed by atoms with van der Waals surface area (Å²) >= 11 is 0. The van der Waals surface area contributed by atoms with Gasteiger partial charge in [-0.25, -0.2) is 4.79 Å². The van der Waals surface area contributed by atoms with Crippen molar-refractivity contribution in [3.63, 3.8) is 0 Å². The average molecular weight is 317 g/mol. The molecule has 8 N–H and O–H groups in total. The molecular formula is C14H17N6O3. The Morgan fingerprint density at radius 1 is 1.35 bits per heavy atom. The highest BCUT2D eigenvalue weighted by molar-refractivity contribution is 6.04. The van der Waals surface area contributed by atoms with Gasteiger partial charge in [0.15, 0.2) is 5.96 Å². The molecule has 9 nitrogen and oxygen atoms in total. The summed E-state index contributed by atoms with van der Waals surface area (Å²) in [5.41, 5.74) is 11.0. The lowest BCUT2D eigenvalue weighted by Crippen LogP contribution is -2.42. The van der Waals surface area contributed by atoms with Crippen LogP contribution >= 0.6 is 0 Å². The van der Waals surface area contributed by atoms with Crippen molar-refractivity contribution in [2.24, 2.45) is 11.5 Å². The lowest BCUT2D eigenvalue weighted by Gasteiger charge is -2.13. The fourth-order valence-electron chi connectivity index (χ4n) is 2.10. The molecule has 0 saturated heterocycles. The molecule has 0 saturated carbocycles. The first-order valence-electron chi connectivity index (χ1n) is 6.75. The number of hydrogen-bond donors (Lipinski definition) is 6. The number of guanidine groups is 1. The molecule has 0 fully saturated rings. The number of aliphatic hydroxyl groups excluding tert-OH is 1. The van der Waals surface area contributed by atoms with Gasteiger partial charge in [0.05, 0.1) is 11.6 Å². The number of benzene rings is 1. The summed E-state index contributed by atoms with van der Waals surface area (Å²) in [6.07, 6.45) is -0.942. The summed E-state index contributed by atoms with van der Waals surface area (Å²) in [5.74, 6) is -0.831. The van der Waals surface area contributed by atoms with Gasteiger partial charge in [0.25, 0.3) is 5.91 Å². The molecule has 1 aromatic carbocycles. The van der Waals surface area contributed by atoms with Crippen molar-refractivity contribution in [2.45, 2.75) is 6.10 Å². The van der Waals surface area contributed by atoms with Gasteiger partial charge in [0.1, 0.15) is 5.69 Å². The predicted molar refractivity (Wildman–Crippen MR) is 84.0 cm³/mol. The van der Waals surface area contributed by atoms with E-state index in [2.05, 4.69) is 16.7 Å². The van der Waals surface area contributed by atoms with Crippen molar-refractivity contribution < 1.29 is 14.7 Å². The summed E-state index contributed by atoms with van der Waals surface area (Å²) in [4.78, 5) is 23.8. The van der Waals surface area contributed by atoms with Gasteiger partial charge in [0.2, 0.25) is 0 Å². The van der Waals surface area contributed by atoms with Crippen molar-refractivity contribution in [1.29, 1.82) is 5.41 Å². The SMILES string of the molecule is N=C(N)NCC(O)CNC(=O)c1cc2c[c]ccc2n1C(N)=O. The Labute approximate surface area is 131 Å². The van der Waals surface area contributed by atoms with Crippen LogP contribution in [0.3, 0.4) is 0 Å². The van der Waals surface area contributed by atoms with E-state index < -0.39 is 18.0 Å². The van der Waals surface area contributed by atoms with Gasteiger partial charge in [-0.05, 0) is 24.3 Å². The minimum atomic E-state index is -0.942. The molecule has 2 rings (SSSR count). The third kappa shape index (κ3) is 3.77. The molecule has 9 heteroatoms. The van der Waals surface area contributed by atoms with Crippen LogP contribution in [0.5, 0.6) is 0 Å². The Hall–Kier alpha value is -3.07. The van der Waals surface area contributed by atoms with Crippen LogP contribution in [-0.2, 0) is 0 Å². The normalized spacial score (nSPS) is 11.9. The van der Waals surface area contributed by atoms with E-state index in [1.165, 1.54) is 6.07 Å². The number of carbonyl (C=O) groups is 2. The van der Waals surface area contributed by atoms with Crippen LogP contribution in [0.25, 0.3) is 10.9 Å². The Morgan fingerprint density at radius 2 is 2.04 bits per heavy atom. The van der Waals surface area contributed by atoms with Gasteiger partial charge >= 0.3 is 6.03 Å². The van der Waals surface area contributed by atoms with E-state index in [1.54, 1.807) is 18.2 Å². The molecule has 1 heterocycles. The second-order valence-electron chi connectivity index (χ2n) is 4.85. The van der Waals surface area contributed by atoms with E-state index in [9.17, 15) is 14.7 Å². The molecule has 0 bridgehead atoms. The highest BCUT2D eigenvalue weighted by Crippen LogP contribution is 2.19. The summed E-state index contributed by atoms with van der Waals surface area (Å²) in [6.45, 7) is -0.0606. The maximum Gasteiger partial charge on any atom is 0.324 e. The Balaban J connectivity index is 2.13. The van der Waals surface area contributed by atoms with Crippen LogP contribution in [0.4, 0.5) is 4.79 Å². The lowest BCUT2D eigenvalue weighted by atomic mass is 10.2. The summed E-state index contributed by atoms with van der Waals surface area (Å²) in [5, 5.41) is 22.3. The molecule has 0 aliphatic rings. The number of carbonyl (C=O) groups excluding carboxylic acids is 2. The first kappa shape index (κ1) is 16.3. The van der Waals surface area contributed by atoms with E-state index >= 15 is 0 Å². The number of hydrogen-bond acceptors (Lipinski definition) is 4. The number of amides is 2. The van der Waals surface area contributed by atoms with Crippen LogP contribution in [0, 0.1) is 11.5 Å². The number of nitrogens with one attached hydrogen (secondary N) is 3. The van der Waals surface area contributed by atoms with Gasteiger partial charge in [0, 0.05) is 18.5 Å². The topological polar surface area (TPSA) is 159 Å². The second kappa shape index (κ2) is 6.79. The Bertz CT molecular complexity index is 754. The predicted octanol–water partition coefficient (Wildman–Crippen LogP) is -1.06. The minimum absolute atomic E-state index is 0.0172. The standard InChI is InChI=1S/C14H17N6O3/c15-13(16)19-7-9(21)6-18-12(22)11-5-8-3-1-2-4-10(8)20(11)14(17)23/h2-5,9,21H,6-7H2,(H2,17,23)(H,18,22)(H4,15,16,19). The van der Waals surface area contributed by atoms with Crippen LogP contribution < -0.4 is 22.1 Å². The van der Waals surface area contributed by atoms with Gasteiger partial charge < -0.3 is 27.2 Å². The molecule has 2 amide bonds. The number of nitrogens with two attached hydrogens (primary N) is 2. The highest BCUT2D eigenvalue weighted by atomic mass is 16.3. The molecule has 0 aliphatic carbocycles. The van der Waals surface area contributed by atoms with Crippen LogP contribution in [-0.4, -0.2) is 46.8 Å². The van der Waals surface area contributed by atoms with E-state index in [4.69, 9.17) is 16.9 Å². The maximum atomic E-state index is 12.2. The average Bonchev–Trinajstić information content (AvgIpc) is 2.90. The molecule has 121 valence electrons. The molecule has 1 radical (unpaired) electrons. The molecule has 1 atom stereocenters. The number of rotatable bonds is 5. The number of nitrogens with zero attached hydrogens (tertiary/aromatic N) is 1. The maximum absolute atomic E-state index is 12.2. The quantitative estimate of drug-likeness (QED) is 0.306. The summed E-state index contributed by atoms with van der Waals surface area (Å²) in [6, 6.07) is 8.47. The Kier molecular flexibility index (Phi) is 4.82. The van der Waals surface area contributed by atoms with Crippen LogP contribution in [0.2, 0.25) is 0 Å². The number of fused-ring (bicyclic) bond motifs is 1. The van der Waals surface area contributed by atoms with Crippen molar-refractivity contribution in [3.8, 4) is 0 Å². The first-order valence-corrected chi connectivity index (χ1v) is 6.75. The largest absolute Gasteiger partial charge is 0.389 e. The van der Waals surface area contributed by atoms with Gasteiger partial charge in [-0.3, -0.25) is 14.8 Å². The fourth-order valence-corrected chi connectivity index (χ4v) is 2.10. The number of aliphatic hydroxyl groups is 1.